The number of nitrogens with zero attached hydrogens (tertiary/aromatic N) is 2. The Bertz CT molecular complexity index is 403. The summed E-state index contributed by atoms with van der Waals surface area (Å²) in [4.78, 5) is 15.7. The number of hydrogen-bond acceptors (Lipinski definition) is 4. The predicted octanol–water partition coefficient (Wildman–Crippen LogP) is 0.359. The lowest BCUT2D eigenvalue weighted by Gasteiger charge is -2.34. The van der Waals surface area contributed by atoms with Crippen molar-refractivity contribution in [1.82, 2.24) is 9.80 Å². The molecule has 0 atom stereocenters. The maximum Gasteiger partial charge on any atom is 0.236 e. The highest BCUT2D eigenvalue weighted by Gasteiger charge is 2.19. The first-order valence-electron chi connectivity index (χ1n) is 7.08. The van der Waals surface area contributed by atoms with E-state index in [0.29, 0.717) is 6.61 Å². The molecule has 1 amide bonds. The Morgan fingerprint density at radius 1 is 1.25 bits per heavy atom. The third-order valence-electron chi connectivity index (χ3n) is 3.47. The first kappa shape index (κ1) is 14.8. The molecule has 1 aliphatic heterocycles. The van der Waals surface area contributed by atoms with E-state index in [1.54, 1.807) is 0 Å². The van der Waals surface area contributed by atoms with E-state index in [1.807, 2.05) is 29.2 Å². The molecule has 1 fully saturated rings. The van der Waals surface area contributed by atoms with Gasteiger partial charge in [-0.05, 0) is 24.6 Å². The Labute approximate surface area is 120 Å². The number of ether oxygens (including phenoxy) is 1. The van der Waals surface area contributed by atoms with Crippen LogP contribution in [0.1, 0.15) is 6.42 Å². The molecule has 1 heterocycles. The average Bonchev–Trinajstić information content (AvgIpc) is 2.52. The Balaban J connectivity index is 1.58. The van der Waals surface area contributed by atoms with E-state index in [0.717, 1.165) is 44.9 Å². The fourth-order valence-corrected chi connectivity index (χ4v) is 2.30. The van der Waals surface area contributed by atoms with E-state index >= 15 is 0 Å². The van der Waals surface area contributed by atoms with Gasteiger partial charge in [-0.25, -0.2) is 0 Å². The van der Waals surface area contributed by atoms with Crippen molar-refractivity contribution in [2.45, 2.75) is 6.42 Å². The highest BCUT2D eigenvalue weighted by atomic mass is 16.5. The molecule has 109 valence electrons. The van der Waals surface area contributed by atoms with Gasteiger partial charge in [0.05, 0.1) is 13.2 Å². The summed E-state index contributed by atoms with van der Waals surface area (Å²) >= 11 is 0. The van der Waals surface area contributed by atoms with Crippen molar-refractivity contribution in [2.24, 2.45) is 5.73 Å². The van der Waals surface area contributed by atoms with Crippen LogP contribution in [0, 0.1) is 6.07 Å². The van der Waals surface area contributed by atoms with Gasteiger partial charge < -0.3 is 15.4 Å². The molecule has 2 N–H and O–H groups in total. The molecule has 1 radical (unpaired) electrons. The number of benzene rings is 1. The molecular formula is C15H22N3O2. The Morgan fingerprint density at radius 2 is 1.95 bits per heavy atom. The lowest BCUT2D eigenvalue weighted by Crippen LogP contribution is -2.50. The van der Waals surface area contributed by atoms with Gasteiger partial charge in [-0.1, -0.05) is 12.1 Å². The van der Waals surface area contributed by atoms with Gasteiger partial charge in [-0.15, -0.1) is 0 Å². The van der Waals surface area contributed by atoms with Crippen molar-refractivity contribution in [1.29, 1.82) is 0 Å². The summed E-state index contributed by atoms with van der Waals surface area (Å²) in [6, 6.07) is 10.5. The highest BCUT2D eigenvalue weighted by Crippen LogP contribution is 2.08. The number of nitrogens with two attached hydrogens (primary N) is 1. The zero-order valence-corrected chi connectivity index (χ0v) is 11.8. The van der Waals surface area contributed by atoms with Crippen LogP contribution < -0.4 is 10.5 Å². The third-order valence-corrected chi connectivity index (χ3v) is 3.47. The van der Waals surface area contributed by atoms with Crippen LogP contribution in [0.4, 0.5) is 0 Å². The summed E-state index contributed by atoms with van der Waals surface area (Å²) < 4.78 is 5.65. The third kappa shape index (κ3) is 4.51. The quantitative estimate of drug-likeness (QED) is 0.762. The SMILES string of the molecule is NCC(=O)N1CCN(CCCOc2cc[c]cc2)CC1. The molecule has 0 saturated carbocycles. The molecule has 0 aliphatic carbocycles. The molecule has 1 aliphatic rings. The van der Waals surface area contributed by atoms with E-state index in [-0.39, 0.29) is 12.5 Å². The molecule has 1 aromatic carbocycles. The molecule has 20 heavy (non-hydrogen) atoms. The fraction of sp³-hybridized carbons (Fsp3) is 0.533. The first-order chi connectivity index (χ1) is 9.79. The molecule has 1 saturated heterocycles. The number of piperazine rings is 1. The standard InChI is InChI=1S/C15H22N3O2/c16-13-15(19)18-10-8-17(9-11-18)7-4-12-20-14-5-2-1-3-6-14/h2-3,5-6H,4,7-13,16H2. The van der Waals surface area contributed by atoms with Crippen LogP contribution in [0.25, 0.3) is 0 Å². The smallest absolute Gasteiger partial charge is 0.236 e. The Morgan fingerprint density at radius 3 is 2.60 bits per heavy atom. The van der Waals surface area contributed by atoms with Gasteiger partial charge in [-0.2, -0.15) is 0 Å². The lowest BCUT2D eigenvalue weighted by molar-refractivity contribution is -0.131. The highest BCUT2D eigenvalue weighted by molar-refractivity contribution is 5.78. The van der Waals surface area contributed by atoms with Crippen LogP contribution >= 0.6 is 0 Å². The van der Waals surface area contributed by atoms with Crippen LogP contribution in [-0.2, 0) is 4.79 Å². The molecule has 0 aromatic heterocycles. The topological polar surface area (TPSA) is 58.8 Å². The summed E-state index contributed by atoms with van der Waals surface area (Å²) in [6.45, 7) is 5.24. The monoisotopic (exact) mass is 276 g/mol. The normalized spacial score (nSPS) is 16.1. The van der Waals surface area contributed by atoms with Gasteiger partial charge in [0, 0.05) is 32.7 Å². The zero-order chi connectivity index (χ0) is 14.2. The van der Waals surface area contributed by atoms with Crippen molar-refractivity contribution in [2.75, 3.05) is 45.9 Å². The number of rotatable bonds is 6. The summed E-state index contributed by atoms with van der Waals surface area (Å²) in [6.07, 6.45) is 0.990. The van der Waals surface area contributed by atoms with Crippen LogP contribution in [0.3, 0.4) is 0 Å². The van der Waals surface area contributed by atoms with Gasteiger partial charge in [0.25, 0.3) is 0 Å². The number of hydrogen-bond donors (Lipinski definition) is 1. The van der Waals surface area contributed by atoms with Gasteiger partial charge in [0.1, 0.15) is 5.75 Å². The average molecular weight is 276 g/mol. The van der Waals surface area contributed by atoms with Crippen molar-refractivity contribution >= 4 is 5.91 Å². The van der Waals surface area contributed by atoms with Gasteiger partial charge >= 0.3 is 0 Å². The van der Waals surface area contributed by atoms with Crippen molar-refractivity contribution in [3.8, 4) is 5.75 Å². The van der Waals surface area contributed by atoms with Crippen LogP contribution in [0.5, 0.6) is 5.75 Å². The summed E-state index contributed by atoms with van der Waals surface area (Å²) in [7, 11) is 0. The summed E-state index contributed by atoms with van der Waals surface area (Å²) in [5.74, 6) is 0.941. The number of carbonyl (C=O) groups is 1. The summed E-state index contributed by atoms with van der Waals surface area (Å²) in [5.41, 5.74) is 5.37. The molecule has 0 unspecified atom stereocenters. The molecule has 5 heteroatoms. The fourth-order valence-electron chi connectivity index (χ4n) is 2.30. The van der Waals surface area contributed by atoms with Crippen molar-refractivity contribution in [3.05, 3.63) is 30.3 Å². The minimum absolute atomic E-state index is 0.0499. The van der Waals surface area contributed by atoms with Crippen molar-refractivity contribution < 1.29 is 9.53 Å². The molecular weight excluding hydrogens is 254 g/mol. The summed E-state index contributed by atoms with van der Waals surface area (Å²) in [5, 5.41) is 0. The molecule has 0 bridgehead atoms. The first-order valence-corrected chi connectivity index (χ1v) is 7.08. The number of amides is 1. The van der Waals surface area contributed by atoms with E-state index < -0.39 is 0 Å². The maximum atomic E-state index is 11.5. The minimum Gasteiger partial charge on any atom is -0.494 e. The van der Waals surface area contributed by atoms with E-state index in [2.05, 4.69) is 11.0 Å². The zero-order valence-electron chi connectivity index (χ0n) is 11.8. The second-order valence-corrected chi connectivity index (χ2v) is 4.86. The number of carbonyl (C=O) groups excluding carboxylic acids is 1. The van der Waals surface area contributed by atoms with Crippen LogP contribution in [-0.4, -0.2) is 61.6 Å². The maximum absolute atomic E-state index is 11.5. The van der Waals surface area contributed by atoms with Gasteiger partial charge in [-0.3, -0.25) is 9.69 Å². The van der Waals surface area contributed by atoms with E-state index in [4.69, 9.17) is 10.5 Å². The van der Waals surface area contributed by atoms with Gasteiger partial charge in [0.2, 0.25) is 5.91 Å². The predicted molar refractivity (Wildman–Crippen MR) is 77.5 cm³/mol. The molecule has 5 nitrogen and oxygen atoms in total. The molecule has 0 spiro atoms. The van der Waals surface area contributed by atoms with Gasteiger partial charge in [0.15, 0.2) is 0 Å². The lowest BCUT2D eigenvalue weighted by atomic mass is 10.3. The van der Waals surface area contributed by atoms with Crippen LogP contribution in [0.15, 0.2) is 24.3 Å². The molecule has 2 rings (SSSR count). The largest absolute Gasteiger partial charge is 0.494 e. The Kier molecular flexibility index (Phi) is 5.83. The Hall–Kier alpha value is -1.59. The second kappa shape index (κ2) is 7.87. The van der Waals surface area contributed by atoms with Crippen molar-refractivity contribution in [3.63, 3.8) is 0 Å². The molecule has 1 aromatic rings. The van der Waals surface area contributed by atoms with Crippen LogP contribution in [0.2, 0.25) is 0 Å². The second-order valence-electron chi connectivity index (χ2n) is 4.86. The van der Waals surface area contributed by atoms with E-state index in [1.165, 1.54) is 0 Å². The van der Waals surface area contributed by atoms with E-state index in [9.17, 15) is 4.79 Å². The minimum atomic E-state index is 0.0499.